The number of aromatic nitrogens is 1. The highest BCUT2D eigenvalue weighted by Gasteiger charge is 2.16. The molecular formula is C23H20N2O2. The van der Waals surface area contributed by atoms with Gasteiger partial charge in [0.1, 0.15) is 5.69 Å². The Morgan fingerprint density at radius 2 is 1.70 bits per heavy atom. The van der Waals surface area contributed by atoms with Gasteiger partial charge in [0, 0.05) is 11.1 Å². The molecule has 0 atom stereocenters. The number of nitrogens with zero attached hydrogens (tertiary/aromatic N) is 1. The Bertz CT molecular complexity index is 1120. The van der Waals surface area contributed by atoms with Crippen LogP contribution in [0.4, 0.5) is 5.69 Å². The van der Waals surface area contributed by atoms with Gasteiger partial charge in [0.15, 0.2) is 5.76 Å². The normalized spacial score (nSPS) is 10.9. The lowest BCUT2D eigenvalue weighted by Gasteiger charge is -2.14. The second-order valence-corrected chi connectivity index (χ2v) is 6.78. The van der Waals surface area contributed by atoms with Crippen molar-refractivity contribution in [3.63, 3.8) is 0 Å². The van der Waals surface area contributed by atoms with Gasteiger partial charge in [-0.2, -0.15) is 0 Å². The minimum Gasteiger partial charge on any atom is -0.463 e. The number of aryl methyl sites for hydroxylation is 3. The van der Waals surface area contributed by atoms with E-state index in [1.54, 1.807) is 12.3 Å². The van der Waals surface area contributed by atoms with Crippen LogP contribution in [0.3, 0.4) is 0 Å². The molecule has 134 valence electrons. The van der Waals surface area contributed by atoms with Gasteiger partial charge in [0.25, 0.3) is 5.91 Å². The van der Waals surface area contributed by atoms with Crippen LogP contribution in [-0.2, 0) is 0 Å². The predicted molar refractivity (Wildman–Crippen MR) is 108 cm³/mol. The molecule has 1 N–H and O–H groups in total. The van der Waals surface area contributed by atoms with Crippen molar-refractivity contribution in [2.45, 2.75) is 20.8 Å². The fourth-order valence-corrected chi connectivity index (χ4v) is 3.47. The van der Waals surface area contributed by atoms with Crippen molar-refractivity contribution in [1.82, 2.24) is 4.98 Å². The van der Waals surface area contributed by atoms with E-state index >= 15 is 0 Å². The Kier molecular flexibility index (Phi) is 4.24. The van der Waals surface area contributed by atoms with Crippen LogP contribution in [0.15, 0.2) is 65.3 Å². The molecule has 0 aliphatic rings. The van der Waals surface area contributed by atoms with E-state index in [-0.39, 0.29) is 5.91 Å². The van der Waals surface area contributed by atoms with Gasteiger partial charge in [-0.05, 0) is 56.2 Å². The molecule has 2 heterocycles. The predicted octanol–water partition coefficient (Wildman–Crippen LogP) is 5.67. The van der Waals surface area contributed by atoms with Gasteiger partial charge < -0.3 is 9.73 Å². The average molecular weight is 356 g/mol. The third-order valence-electron chi connectivity index (χ3n) is 4.65. The Hall–Kier alpha value is -3.40. The number of nitrogens with one attached hydrogen (secondary N) is 1. The molecule has 0 aliphatic carbocycles. The Balaban J connectivity index is 1.82. The smallest absolute Gasteiger partial charge is 0.256 e. The van der Waals surface area contributed by atoms with Crippen LogP contribution < -0.4 is 5.32 Å². The summed E-state index contributed by atoms with van der Waals surface area (Å²) in [5.41, 5.74) is 6.10. The maximum absolute atomic E-state index is 13.2. The van der Waals surface area contributed by atoms with E-state index in [9.17, 15) is 4.79 Å². The molecule has 0 radical (unpaired) electrons. The van der Waals surface area contributed by atoms with Crippen LogP contribution in [0, 0.1) is 20.8 Å². The number of amides is 1. The van der Waals surface area contributed by atoms with Gasteiger partial charge in [-0.1, -0.05) is 35.9 Å². The molecule has 4 nitrogen and oxygen atoms in total. The van der Waals surface area contributed by atoms with Gasteiger partial charge in [0.05, 0.1) is 17.3 Å². The number of hydrogen-bond donors (Lipinski definition) is 1. The van der Waals surface area contributed by atoms with Crippen molar-refractivity contribution in [2.24, 2.45) is 0 Å². The highest BCUT2D eigenvalue weighted by atomic mass is 16.3. The van der Waals surface area contributed by atoms with E-state index in [4.69, 9.17) is 4.42 Å². The topological polar surface area (TPSA) is 55.1 Å². The van der Waals surface area contributed by atoms with Crippen molar-refractivity contribution in [1.29, 1.82) is 0 Å². The zero-order chi connectivity index (χ0) is 19.0. The molecule has 0 aliphatic heterocycles. The maximum atomic E-state index is 13.2. The third-order valence-corrected chi connectivity index (χ3v) is 4.65. The van der Waals surface area contributed by atoms with Gasteiger partial charge in [-0.25, -0.2) is 4.98 Å². The SMILES string of the molecule is Cc1cc(C)c(NC(=O)c2cc(-c3ccco3)nc3ccccc23)c(C)c1. The van der Waals surface area contributed by atoms with E-state index in [0.29, 0.717) is 17.0 Å². The summed E-state index contributed by atoms with van der Waals surface area (Å²) >= 11 is 0. The lowest BCUT2D eigenvalue weighted by atomic mass is 10.0. The number of carbonyl (C=O) groups is 1. The second-order valence-electron chi connectivity index (χ2n) is 6.78. The van der Waals surface area contributed by atoms with E-state index in [1.807, 2.05) is 50.2 Å². The molecule has 2 aromatic carbocycles. The van der Waals surface area contributed by atoms with Crippen molar-refractivity contribution in [3.8, 4) is 11.5 Å². The Labute approximate surface area is 157 Å². The molecular weight excluding hydrogens is 336 g/mol. The van der Waals surface area contributed by atoms with Crippen LogP contribution in [-0.4, -0.2) is 10.9 Å². The number of furan rings is 1. The minimum absolute atomic E-state index is 0.156. The summed E-state index contributed by atoms with van der Waals surface area (Å²) in [6.45, 7) is 6.07. The molecule has 4 heteroatoms. The van der Waals surface area contributed by atoms with Crippen LogP contribution in [0.25, 0.3) is 22.4 Å². The summed E-state index contributed by atoms with van der Waals surface area (Å²) in [5, 5.41) is 3.90. The summed E-state index contributed by atoms with van der Waals surface area (Å²) in [5.74, 6) is 0.481. The quantitative estimate of drug-likeness (QED) is 0.514. The lowest BCUT2D eigenvalue weighted by Crippen LogP contribution is -2.15. The monoisotopic (exact) mass is 356 g/mol. The number of anilines is 1. The van der Waals surface area contributed by atoms with E-state index < -0.39 is 0 Å². The lowest BCUT2D eigenvalue weighted by molar-refractivity contribution is 0.102. The first kappa shape index (κ1) is 17.0. The highest BCUT2D eigenvalue weighted by molar-refractivity contribution is 6.13. The molecule has 4 aromatic rings. The Morgan fingerprint density at radius 1 is 0.963 bits per heavy atom. The number of fused-ring (bicyclic) bond motifs is 1. The first-order valence-electron chi connectivity index (χ1n) is 8.86. The summed E-state index contributed by atoms with van der Waals surface area (Å²) in [4.78, 5) is 17.8. The molecule has 0 fully saturated rings. The molecule has 27 heavy (non-hydrogen) atoms. The summed E-state index contributed by atoms with van der Waals surface area (Å²) in [6.07, 6.45) is 1.60. The average Bonchev–Trinajstić information content (AvgIpc) is 3.18. The fourth-order valence-electron chi connectivity index (χ4n) is 3.47. The van der Waals surface area contributed by atoms with E-state index in [1.165, 1.54) is 5.56 Å². The first-order valence-corrected chi connectivity index (χ1v) is 8.86. The molecule has 1 amide bonds. The van der Waals surface area contributed by atoms with Gasteiger partial charge >= 0.3 is 0 Å². The molecule has 0 spiro atoms. The van der Waals surface area contributed by atoms with Crippen molar-refractivity contribution < 1.29 is 9.21 Å². The highest BCUT2D eigenvalue weighted by Crippen LogP contribution is 2.27. The molecule has 4 rings (SSSR count). The summed E-state index contributed by atoms with van der Waals surface area (Å²) in [7, 11) is 0. The van der Waals surface area contributed by atoms with Crippen LogP contribution in [0.2, 0.25) is 0 Å². The van der Waals surface area contributed by atoms with Crippen LogP contribution >= 0.6 is 0 Å². The maximum Gasteiger partial charge on any atom is 0.256 e. The van der Waals surface area contributed by atoms with Crippen molar-refractivity contribution in [3.05, 3.63) is 83.1 Å². The van der Waals surface area contributed by atoms with Crippen molar-refractivity contribution in [2.75, 3.05) is 5.32 Å². The number of para-hydroxylation sites is 1. The van der Waals surface area contributed by atoms with Gasteiger partial charge in [0.2, 0.25) is 0 Å². The third kappa shape index (κ3) is 3.22. The fraction of sp³-hybridized carbons (Fsp3) is 0.130. The standard InChI is InChI=1S/C23H20N2O2/c1-14-11-15(2)22(16(3)12-14)25-23(26)18-13-20(21-9-6-10-27-21)24-19-8-5-4-7-17(18)19/h4-13H,1-3H3,(H,25,26). The van der Waals surface area contributed by atoms with Crippen molar-refractivity contribution >= 4 is 22.5 Å². The largest absolute Gasteiger partial charge is 0.463 e. The zero-order valence-corrected chi connectivity index (χ0v) is 15.5. The number of carbonyl (C=O) groups excluding carboxylic acids is 1. The minimum atomic E-state index is -0.156. The number of rotatable bonds is 3. The van der Waals surface area contributed by atoms with Crippen LogP contribution in [0.5, 0.6) is 0 Å². The van der Waals surface area contributed by atoms with Crippen LogP contribution in [0.1, 0.15) is 27.0 Å². The van der Waals surface area contributed by atoms with E-state index in [0.717, 1.165) is 27.7 Å². The second kappa shape index (κ2) is 6.72. The number of pyridine rings is 1. The summed E-state index contributed by atoms with van der Waals surface area (Å²) < 4.78 is 5.48. The molecule has 0 saturated carbocycles. The van der Waals surface area contributed by atoms with Gasteiger partial charge in [-0.3, -0.25) is 4.79 Å². The molecule has 0 bridgehead atoms. The zero-order valence-electron chi connectivity index (χ0n) is 15.5. The molecule has 0 saturated heterocycles. The molecule has 2 aromatic heterocycles. The van der Waals surface area contributed by atoms with E-state index in [2.05, 4.69) is 29.4 Å². The first-order chi connectivity index (χ1) is 13.0. The number of benzene rings is 2. The van der Waals surface area contributed by atoms with Gasteiger partial charge in [-0.15, -0.1) is 0 Å². The molecule has 0 unspecified atom stereocenters. The Morgan fingerprint density at radius 3 is 2.41 bits per heavy atom. The summed E-state index contributed by atoms with van der Waals surface area (Å²) in [6, 6.07) is 17.2. The number of hydrogen-bond acceptors (Lipinski definition) is 3.